The molecule has 0 aliphatic heterocycles. The summed E-state index contributed by atoms with van der Waals surface area (Å²) in [6, 6.07) is 3.39. The van der Waals surface area contributed by atoms with Crippen molar-refractivity contribution in [1.82, 2.24) is 10.6 Å². The topological polar surface area (TPSA) is 24.1 Å². The maximum Gasteiger partial charge on any atom is 0.129 e. The van der Waals surface area contributed by atoms with Crippen molar-refractivity contribution < 1.29 is 8.78 Å². The molecule has 0 aromatic heterocycles. The Morgan fingerprint density at radius 3 is 2.31 bits per heavy atom. The summed E-state index contributed by atoms with van der Waals surface area (Å²) in [5, 5.41) is 5.64. The number of halogens is 2. The van der Waals surface area contributed by atoms with Crippen molar-refractivity contribution in [1.29, 1.82) is 0 Å². The minimum absolute atomic E-state index is 0.282. The van der Waals surface area contributed by atoms with Crippen molar-refractivity contribution in [3.8, 4) is 0 Å². The minimum Gasteiger partial charge on any atom is -0.301 e. The standard InChI is InChI=1S/C9H12F2N2/c1-12-9(13-2)7-5-6(10)3-4-8(7)11/h3-5,9,12-13H,1-2H3. The first-order valence-corrected chi connectivity index (χ1v) is 3.98. The average molecular weight is 186 g/mol. The van der Waals surface area contributed by atoms with Gasteiger partial charge in [0.05, 0.1) is 6.17 Å². The highest BCUT2D eigenvalue weighted by Gasteiger charge is 2.12. The van der Waals surface area contributed by atoms with E-state index in [2.05, 4.69) is 10.6 Å². The molecule has 72 valence electrons. The van der Waals surface area contributed by atoms with Crippen molar-refractivity contribution in [2.24, 2.45) is 0 Å². The normalized spacial score (nSPS) is 10.8. The molecular weight excluding hydrogens is 174 g/mol. The number of hydrogen-bond acceptors (Lipinski definition) is 2. The summed E-state index contributed by atoms with van der Waals surface area (Å²) < 4.78 is 25.9. The molecule has 0 aliphatic rings. The Bertz CT molecular complexity index is 285. The van der Waals surface area contributed by atoms with Crippen molar-refractivity contribution >= 4 is 0 Å². The molecule has 0 atom stereocenters. The Hall–Kier alpha value is -1.00. The fourth-order valence-electron chi connectivity index (χ4n) is 1.19. The highest BCUT2D eigenvalue weighted by Crippen LogP contribution is 2.15. The van der Waals surface area contributed by atoms with Crippen LogP contribution in [0.5, 0.6) is 0 Å². The summed E-state index contributed by atoms with van der Waals surface area (Å²) >= 11 is 0. The van der Waals surface area contributed by atoms with Gasteiger partial charge in [0.1, 0.15) is 11.6 Å². The minimum atomic E-state index is -0.438. The number of rotatable bonds is 3. The van der Waals surface area contributed by atoms with Gasteiger partial charge in [0.15, 0.2) is 0 Å². The second-order valence-corrected chi connectivity index (χ2v) is 2.68. The molecule has 1 rings (SSSR count). The van der Waals surface area contributed by atoms with Gasteiger partial charge in [-0.3, -0.25) is 0 Å². The fourth-order valence-corrected chi connectivity index (χ4v) is 1.19. The lowest BCUT2D eigenvalue weighted by Gasteiger charge is -2.15. The van der Waals surface area contributed by atoms with Gasteiger partial charge in [-0.15, -0.1) is 0 Å². The van der Waals surface area contributed by atoms with E-state index in [9.17, 15) is 8.78 Å². The van der Waals surface area contributed by atoms with Gasteiger partial charge in [-0.25, -0.2) is 8.78 Å². The van der Waals surface area contributed by atoms with Crippen LogP contribution in [0.3, 0.4) is 0 Å². The monoisotopic (exact) mass is 186 g/mol. The molecule has 0 spiro atoms. The van der Waals surface area contributed by atoms with Gasteiger partial charge in [0, 0.05) is 5.56 Å². The van der Waals surface area contributed by atoms with Crippen LogP contribution in [0.1, 0.15) is 11.7 Å². The summed E-state index contributed by atoms with van der Waals surface area (Å²) in [4.78, 5) is 0. The van der Waals surface area contributed by atoms with Crippen molar-refractivity contribution in [3.63, 3.8) is 0 Å². The smallest absolute Gasteiger partial charge is 0.129 e. The van der Waals surface area contributed by atoms with Crippen LogP contribution in [0.2, 0.25) is 0 Å². The van der Waals surface area contributed by atoms with E-state index >= 15 is 0 Å². The zero-order valence-corrected chi connectivity index (χ0v) is 7.57. The lowest BCUT2D eigenvalue weighted by Crippen LogP contribution is -2.29. The average Bonchev–Trinajstić information content (AvgIpc) is 2.13. The van der Waals surface area contributed by atoms with E-state index in [0.717, 1.165) is 12.1 Å². The SMILES string of the molecule is CNC(NC)c1cc(F)ccc1F. The first-order chi connectivity index (χ1) is 6.19. The Labute approximate surface area is 76.0 Å². The van der Waals surface area contributed by atoms with Crippen molar-refractivity contribution in [3.05, 3.63) is 35.4 Å². The van der Waals surface area contributed by atoms with E-state index in [1.165, 1.54) is 6.07 Å². The molecule has 1 aromatic carbocycles. The Morgan fingerprint density at radius 1 is 1.15 bits per heavy atom. The zero-order chi connectivity index (χ0) is 9.84. The predicted molar refractivity (Wildman–Crippen MR) is 47.2 cm³/mol. The summed E-state index contributed by atoms with van der Waals surface area (Å²) in [7, 11) is 3.34. The molecule has 0 aliphatic carbocycles. The van der Waals surface area contributed by atoms with E-state index in [1.807, 2.05) is 0 Å². The molecular formula is C9H12F2N2. The van der Waals surface area contributed by atoms with E-state index < -0.39 is 11.6 Å². The highest BCUT2D eigenvalue weighted by atomic mass is 19.1. The molecule has 0 unspecified atom stereocenters. The van der Waals surface area contributed by atoms with Crippen LogP contribution in [-0.2, 0) is 0 Å². The van der Waals surface area contributed by atoms with Crippen LogP contribution >= 0.6 is 0 Å². The quantitative estimate of drug-likeness (QED) is 0.697. The predicted octanol–water partition coefficient (Wildman–Crippen LogP) is 1.40. The number of hydrogen-bond donors (Lipinski definition) is 2. The first kappa shape index (κ1) is 10.1. The second kappa shape index (κ2) is 4.30. The van der Waals surface area contributed by atoms with Gasteiger partial charge in [-0.2, -0.15) is 0 Å². The molecule has 0 heterocycles. The molecule has 2 nitrogen and oxygen atoms in total. The molecule has 13 heavy (non-hydrogen) atoms. The summed E-state index contributed by atoms with van der Waals surface area (Å²) in [6.45, 7) is 0. The lowest BCUT2D eigenvalue weighted by molar-refractivity contribution is 0.480. The van der Waals surface area contributed by atoms with Crippen LogP contribution < -0.4 is 10.6 Å². The van der Waals surface area contributed by atoms with Gasteiger partial charge in [0.25, 0.3) is 0 Å². The first-order valence-electron chi connectivity index (χ1n) is 3.98. The third-order valence-electron chi connectivity index (χ3n) is 1.85. The van der Waals surface area contributed by atoms with Gasteiger partial charge >= 0.3 is 0 Å². The van der Waals surface area contributed by atoms with Gasteiger partial charge in [-0.1, -0.05) is 0 Å². The molecule has 0 amide bonds. The molecule has 4 heteroatoms. The van der Waals surface area contributed by atoms with Gasteiger partial charge in [-0.05, 0) is 32.3 Å². The largest absolute Gasteiger partial charge is 0.301 e. The summed E-state index contributed by atoms with van der Waals surface area (Å²) in [5.74, 6) is -0.859. The van der Waals surface area contributed by atoms with Crippen LogP contribution in [0.25, 0.3) is 0 Å². The maximum absolute atomic E-state index is 13.1. The van der Waals surface area contributed by atoms with Crippen LogP contribution in [0.4, 0.5) is 8.78 Å². The number of benzene rings is 1. The van der Waals surface area contributed by atoms with Crippen LogP contribution in [-0.4, -0.2) is 14.1 Å². The zero-order valence-electron chi connectivity index (χ0n) is 7.57. The van der Waals surface area contributed by atoms with E-state index in [0.29, 0.717) is 0 Å². The van der Waals surface area contributed by atoms with E-state index in [1.54, 1.807) is 14.1 Å². The van der Waals surface area contributed by atoms with Gasteiger partial charge < -0.3 is 10.6 Å². The molecule has 2 N–H and O–H groups in total. The van der Waals surface area contributed by atoms with Crippen LogP contribution in [0.15, 0.2) is 18.2 Å². The summed E-state index contributed by atoms with van der Waals surface area (Å²) in [5.41, 5.74) is 0.282. The Balaban J connectivity index is 3.03. The van der Waals surface area contributed by atoms with E-state index in [4.69, 9.17) is 0 Å². The molecule has 0 saturated heterocycles. The highest BCUT2D eigenvalue weighted by molar-refractivity contribution is 5.21. The Morgan fingerprint density at radius 2 is 1.77 bits per heavy atom. The van der Waals surface area contributed by atoms with Crippen LogP contribution in [0, 0.1) is 11.6 Å². The molecule has 0 radical (unpaired) electrons. The Kier molecular flexibility index (Phi) is 3.33. The molecule has 0 fully saturated rings. The van der Waals surface area contributed by atoms with Crippen molar-refractivity contribution in [2.75, 3.05) is 14.1 Å². The number of nitrogens with one attached hydrogen (secondary N) is 2. The van der Waals surface area contributed by atoms with E-state index in [-0.39, 0.29) is 11.7 Å². The third-order valence-corrected chi connectivity index (χ3v) is 1.85. The molecule has 0 bridgehead atoms. The van der Waals surface area contributed by atoms with Gasteiger partial charge in [0.2, 0.25) is 0 Å². The fraction of sp³-hybridized carbons (Fsp3) is 0.333. The maximum atomic E-state index is 13.1. The lowest BCUT2D eigenvalue weighted by atomic mass is 10.1. The second-order valence-electron chi connectivity index (χ2n) is 2.68. The van der Waals surface area contributed by atoms with Crippen molar-refractivity contribution in [2.45, 2.75) is 6.17 Å². The third kappa shape index (κ3) is 2.23. The molecule has 0 saturated carbocycles. The summed E-state index contributed by atoms with van der Waals surface area (Å²) in [6.07, 6.45) is -0.365. The molecule has 1 aromatic rings.